The second-order valence-corrected chi connectivity index (χ2v) is 12.3. The lowest BCUT2D eigenvalue weighted by Gasteiger charge is -2.35. The molecule has 4 unspecified atom stereocenters. The average Bonchev–Trinajstić information content (AvgIpc) is 3.16. The summed E-state index contributed by atoms with van der Waals surface area (Å²) in [7, 11) is -4.87. The smallest absolute Gasteiger partial charge is 0.299 e. The fraction of sp³-hybridized carbons (Fsp3) is 0.481. The van der Waals surface area contributed by atoms with Crippen LogP contribution in [0.25, 0.3) is 0 Å². The van der Waals surface area contributed by atoms with Crippen LogP contribution in [0.15, 0.2) is 65.8 Å². The number of oxime groups is 1. The number of hydrogen-bond acceptors (Lipinski definition) is 5. The molecule has 2 saturated carbocycles. The third-order valence-corrected chi connectivity index (χ3v) is 9.48. The number of benzene rings is 2. The van der Waals surface area contributed by atoms with Crippen molar-refractivity contribution in [3.63, 3.8) is 0 Å². The minimum atomic E-state index is -5.29. The SMILES string of the molecule is CC1(C)C2CCC1(CS(=O)(=O)ON=C(C(c1ccccc1)C(F)(F)F)C(c1ccccc1)C(F)(F)F)C(=O)C2. The molecule has 2 bridgehead atoms. The molecule has 4 rings (SSSR count). The van der Waals surface area contributed by atoms with E-state index >= 15 is 0 Å². The fourth-order valence-electron chi connectivity index (χ4n) is 6.15. The lowest BCUT2D eigenvalue weighted by atomic mass is 9.70. The zero-order valence-electron chi connectivity index (χ0n) is 21.1. The number of hydrogen-bond donors (Lipinski definition) is 0. The van der Waals surface area contributed by atoms with Crippen LogP contribution in [0.4, 0.5) is 26.3 Å². The maximum atomic E-state index is 14.4. The summed E-state index contributed by atoms with van der Waals surface area (Å²) >= 11 is 0. The van der Waals surface area contributed by atoms with Crippen LogP contribution < -0.4 is 0 Å². The lowest BCUT2D eigenvalue weighted by molar-refractivity contribution is -0.148. The average molecular weight is 576 g/mol. The molecular weight excluding hydrogens is 548 g/mol. The van der Waals surface area contributed by atoms with Crippen LogP contribution in [0.2, 0.25) is 0 Å². The van der Waals surface area contributed by atoms with Crippen molar-refractivity contribution >= 4 is 21.6 Å². The molecule has 0 heterocycles. The molecule has 39 heavy (non-hydrogen) atoms. The number of nitrogens with zero attached hydrogens (tertiary/aromatic N) is 1. The normalized spacial score (nSPS) is 24.3. The van der Waals surface area contributed by atoms with Gasteiger partial charge < -0.3 is 0 Å². The Balaban J connectivity index is 1.83. The molecule has 212 valence electrons. The molecule has 0 aliphatic heterocycles. The van der Waals surface area contributed by atoms with Gasteiger partial charge in [0.05, 0.1) is 11.1 Å². The van der Waals surface area contributed by atoms with Crippen LogP contribution in [0.3, 0.4) is 0 Å². The second-order valence-electron chi connectivity index (χ2n) is 10.7. The second kappa shape index (κ2) is 9.94. The van der Waals surface area contributed by atoms with Gasteiger partial charge in [0.1, 0.15) is 23.4 Å². The zero-order chi connectivity index (χ0) is 28.9. The number of halogens is 6. The lowest BCUT2D eigenvalue weighted by Crippen LogP contribution is -2.42. The van der Waals surface area contributed by atoms with Crippen LogP contribution in [0.1, 0.15) is 56.1 Å². The minimum Gasteiger partial charge on any atom is -0.299 e. The van der Waals surface area contributed by atoms with E-state index in [1.807, 2.05) is 0 Å². The van der Waals surface area contributed by atoms with E-state index in [0.717, 1.165) is 24.3 Å². The van der Waals surface area contributed by atoms with Gasteiger partial charge in [-0.25, -0.2) is 0 Å². The van der Waals surface area contributed by atoms with Gasteiger partial charge in [-0.1, -0.05) is 79.7 Å². The molecule has 2 aromatic rings. The maximum absolute atomic E-state index is 14.4. The summed E-state index contributed by atoms with van der Waals surface area (Å²) in [5.41, 5.74) is -4.80. The van der Waals surface area contributed by atoms with Crippen LogP contribution in [0, 0.1) is 16.7 Å². The van der Waals surface area contributed by atoms with Crippen molar-refractivity contribution in [3.05, 3.63) is 71.8 Å². The van der Waals surface area contributed by atoms with Gasteiger partial charge in [0.15, 0.2) is 0 Å². The zero-order valence-corrected chi connectivity index (χ0v) is 21.9. The summed E-state index contributed by atoms with van der Waals surface area (Å²) in [4.78, 5) is 12.8. The molecule has 2 aliphatic carbocycles. The Bertz CT molecular complexity index is 1280. The van der Waals surface area contributed by atoms with Gasteiger partial charge in [-0.2, -0.15) is 34.8 Å². The van der Waals surface area contributed by atoms with Crippen molar-refractivity contribution in [3.8, 4) is 0 Å². The molecule has 2 fully saturated rings. The molecule has 12 heteroatoms. The Morgan fingerprint density at radius 2 is 1.38 bits per heavy atom. The van der Waals surface area contributed by atoms with Crippen molar-refractivity contribution in [1.29, 1.82) is 0 Å². The summed E-state index contributed by atoms with van der Waals surface area (Å²) in [6, 6.07) is 11.6. The molecule has 4 atom stereocenters. The van der Waals surface area contributed by atoms with Gasteiger partial charge in [0, 0.05) is 6.42 Å². The predicted octanol–water partition coefficient (Wildman–Crippen LogP) is 6.78. The highest BCUT2D eigenvalue weighted by Crippen LogP contribution is 2.64. The third-order valence-electron chi connectivity index (χ3n) is 8.33. The molecule has 0 saturated heterocycles. The largest absolute Gasteiger partial charge is 0.401 e. The Hall–Kier alpha value is -2.89. The van der Waals surface area contributed by atoms with Gasteiger partial charge in [-0.15, -0.1) is 0 Å². The molecule has 0 aromatic heterocycles. The van der Waals surface area contributed by atoms with Gasteiger partial charge in [-0.05, 0) is 35.3 Å². The maximum Gasteiger partial charge on any atom is 0.401 e. The molecule has 0 amide bonds. The number of rotatable bonds is 8. The Kier molecular flexibility index (Phi) is 7.42. The van der Waals surface area contributed by atoms with Crippen molar-refractivity contribution < 1.29 is 43.8 Å². The van der Waals surface area contributed by atoms with E-state index in [9.17, 15) is 39.6 Å². The number of ketones is 1. The Morgan fingerprint density at radius 3 is 1.74 bits per heavy atom. The molecule has 0 N–H and O–H groups in total. The summed E-state index contributed by atoms with van der Waals surface area (Å²) in [6.45, 7) is 3.48. The molecule has 2 aromatic carbocycles. The van der Waals surface area contributed by atoms with E-state index in [0.29, 0.717) is 6.42 Å². The number of carbonyl (C=O) groups excluding carboxylic acids is 1. The van der Waals surface area contributed by atoms with E-state index in [2.05, 4.69) is 9.44 Å². The van der Waals surface area contributed by atoms with E-state index in [1.165, 1.54) is 36.4 Å². The van der Waals surface area contributed by atoms with Crippen LogP contribution in [-0.4, -0.2) is 38.0 Å². The van der Waals surface area contributed by atoms with Gasteiger partial charge in [0.25, 0.3) is 0 Å². The molecule has 2 aliphatic rings. The summed E-state index contributed by atoms with van der Waals surface area (Å²) in [6.07, 6.45) is -9.60. The van der Waals surface area contributed by atoms with E-state index in [1.54, 1.807) is 13.8 Å². The first-order valence-electron chi connectivity index (χ1n) is 12.3. The molecule has 0 spiro atoms. The third kappa shape index (κ3) is 5.44. The number of alkyl halides is 6. The Labute approximate surface area is 222 Å². The van der Waals surface area contributed by atoms with Crippen molar-refractivity contribution in [2.75, 3.05) is 5.75 Å². The summed E-state index contributed by atoms with van der Waals surface area (Å²) < 4.78 is 117. The molecular formula is C27H27F6NO4S. The van der Waals surface area contributed by atoms with Crippen molar-refractivity contribution in [1.82, 2.24) is 0 Å². The fourth-order valence-corrected chi connectivity index (χ4v) is 7.69. The van der Waals surface area contributed by atoms with Gasteiger partial charge in [0.2, 0.25) is 0 Å². The highest BCUT2D eigenvalue weighted by molar-refractivity contribution is 7.86. The number of fused-ring (bicyclic) bond motifs is 2. The van der Waals surface area contributed by atoms with E-state index in [4.69, 9.17) is 0 Å². The van der Waals surface area contributed by atoms with Gasteiger partial charge in [-0.3, -0.25) is 9.08 Å². The standard InChI is InChI=1S/C27H27F6NO4S/c1-24(2)19-13-14-25(24,20(35)15-19)16-39(36,37)38-34-23(21(26(28,29)30)17-9-5-3-6-10-17)22(27(31,32)33)18-11-7-4-8-12-18/h3-12,19,21-22H,13-16H2,1-2H3. The summed E-state index contributed by atoms with van der Waals surface area (Å²) in [5, 5.41) is 3.15. The monoisotopic (exact) mass is 575 g/mol. The highest BCUT2D eigenvalue weighted by atomic mass is 32.2. The topological polar surface area (TPSA) is 72.8 Å². The first-order chi connectivity index (χ1) is 18.0. The quantitative estimate of drug-likeness (QED) is 0.198. The first-order valence-corrected chi connectivity index (χ1v) is 13.8. The Morgan fingerprint density at radius 1 is 0.923 bits per heavy atom. The number of Topliss-reactive ketones (excluding diaryl/α,β-unsaturated/α-hetero) is 1. The predicted molar refractivity (Wildman–Crippen MR) is 131 cm³/mol. The van der Waals surface area contributed by atoms with E-state index in [-0.39, 0.29) is 24.5 Å². The van der Waals surface area contributed by atoms with Crippen molar-refractivity contribution in [2.45, 2.75) is 57.3 Å². The highest BCUT2D eigenvalue weighted by Gasteiger charge is 2.66. The van der Waals surface area contributed by atoms with Crippen LogP contribution >= 0.6 is 0 Å². The molecule has 5 nitrogen and oxygen atoms in total. The number of carbonyl (C=O) groups is 1. The van der Waals surface area contributed by atoms with E-state index < -0.39 is 67.7 Å². The van der Waals surface area contributed by atoms with Gasteiger partial charge >= 0.3 is 22.5 Å². The first kappa shape index (κ1) is 29.1. The molecule has 0 radical (unpaired) electrons. The van der Waals surface area contributed by atoms with Crippen LogP contribution in [0.5, 0.6) is 0 Å². The summed E-state index contributed by atoms with van der Waals surface area (Å²) in [5.74, 6) is -7.13. The van der Waals surface area contributed by atoms with Crippen molar-refractivity contribution in [2.24, 2.45) is 21.9 Å². The van der Waals surface area contributed by atoms with Crippen LogP contribution in [-0.2, 0) is 19.2 Å². The minimum absolute atomic E-state index is 0.0698.